The molecular formula is C22H14N2O. The summed E-state index contributed by atoms with van der Waals surface area (Å²) in [7, 11) is 0. The van der Waals surface area contributed by atoms with E-state index in [1.54, 1.807) is 0 Å². The van der Waals surface area contributed by atoms with Crippen molar-refractivity contribution >= 4 is 44.5 Å². The fraction of sp³-hybridized carbons (Fsp3) is 0. The van der Waals surface area contributed by atoms with Crippen LogP contribution < -0.4 is 5.32 Å². The first-order valence-electron chi connectivity index (χ1n) is 8.20. The summed E-state index contributed by atoms with van der Waals surface area (Å²) in [6.45, 7) is 0. The predicted octanol–water partition coefficient (Wildman–Crippen LogP) is 5.07. The lowest BCUT2D eigenvalue weighted by atomic mass is 10.0. The van der Waals surface area contributed by atoms with Gasteiger partial charge in [0.05, 0.1) is 11.4 Å². The summed E-state index contributed by atoms with van der Waals surface area (Å²) >= 11 is 0. The van der Waals surface area contributed by atoms with Crippen molar-refractivity contribution in [2.45, 2.75) is 0 Å². The normalized spacial score (nSPS) is 14.9. The zero-order chi connectivity index (χ0) is 16.8. The molecule has 1 heterocycles. The highest BCUT2D eigenvalue weighted by atomic mass is 16.2. The van der Waals surface area contributed by atoms with Crippen LogP contribution in [0.3, 0.4) is 0 Å². The molecule has 0 aliphatic carbocycles. The van der Waals surface area contributed by atoms with Gasteiger partial charge in [0, 0.05) is 5.56 Å². The van der Waals surface area contributed by atoms with Gasteiger partial charge in [-0.2, -0.15) is 0 Å². The Hall–Kier alpha value is -3.46. The first kappa shape index (κ1) is 13.9. The zero-order valence-corrected chi connectivity index (χ0v) is 13.4. The number of rotatable bonds is 1. The highest BCUT2D eigenvalue weighted by Gasteiger charge is 2.27. The molecule has 4 aromatic carbocycles. The summed E-state index contributed by atoms with van der Waals surface area (Å²) in [5, 5.41) is 7.34. The van der Waals surface area contributed by atoms with Gasteiger partial charge in [0.1, 0.15) is 5.71 Å². The summed E-state index contributed by atoms with van der Waals surface area (Å²) in [6.07, 6.45) is 0. The van der Waals surface area contributed by atoms with Crippen LogP contribution in [0.1, 0.15) is 5.56 Å². The van der Waals surface area contributed by atoms with Gasteiger partial charge in [-0.3, -0.25) is 4.79 Å². The lowest BCUT2D eigenvalue weighted by Crippen LogP contribution is -2.14. The van der Waals surface area contributed by atoms with E-state index >= 15 is 0 Å². The van der Waals surface area contributed by atoms with Gasteiger partial charge in [-0.15, -0.1) is 0 Å². The molecule has 3 nitrogen and oxygen atoms in total. The molecule has 0 saturated heterocycles. The van der Waals surface area contributed by atoms with E-state index in [4.69, 9.17) is 0 Å². The quantitative estimate of drug-likeness (QED) is 0.522. The van der Waals surface area contributed by atoms with E-state index in [2.05, 4.69) is 22.4 Å². The molecule has 0 aromatic heterocycles. The molecule has 0 unspecified atom stereocenters. The summed E-state index contributed by atoms with van der Waals surface area (Å²) in [6, 6.07) is 26.2. The Balaban J connectivity index is 1.73. The number of aliphatic imine (C=N–C) groups is 1. The lowest BCUT2D eigenvalue weighted by Gasteiger charge is -2.05. The Bertz CT molecular complexity index is 1190. The number of fused-ring (bicyclic) bond motifs is 4. The Morgan fingerprint density at radius 1 is 0.720 bits per heavy atom. The second-order valence-corrected chi connectivity index (χ2v) is 6.16. The van der Waals surface area contributed by atoms with Gasteiger partial charge in [0.25, 0.3) is 5.91 Å². The van der Waals surface area contributed by atoms with E-state index in [9.17, 15) is 4.79 Å². The Labute approximate surface area is 144 Å². The molecule has 118 valence electrons. The summed E-state index contributed by atoms with van der Waals surface area (Å²) in [5.74, 6) is -0.153. The van der Waals surface area contributed by atoms with Gasteiger partial charge >= 0.3 is 0 Å². The van der Waals surface area contributed by atoms with Crippen LogP contribution in [0.5, 0.6) is 0 Å². The molecule has 25 heavy (non-hydrogen) atoms. The molecular weight excluding hydrogens is 308 g/mol. The average molecular weight is 322 g/mol. The number of hydrogen-bond donors (Lipinski definition) is 1. The molecule has 1 amide bonds. The van der Waals surface area contributed by atoms with Gasteiger partial charge < -0.3 is 5.32 Å². The highest BCUT2D eigenvalue weighted by Crippen LogP contribution is 2.33. The molecule has 0 atom stereocenters. The molecule has 1 aliphatic rings. The van der Waals surface area contributed by atoms with Crippen LogP contribution in [-0.4, -0.2) is 11.6 Å². The number of amides is 1. The van der Waals surface area contributed by atoms with E-state index in [1.165, 1.54) is 0 Å². The van der Waals surface area contributed by atoms with E-state index < -0.39 is 0 Å². The monoisotopic (exact) mass is 322 g/mol. The molecule has 0 fully saturated rings. The number of carbonyl (C=O) groups excluding carboxylic acids is 1. The summed E-state index contributed by atoms with van der Waals surface area (Å²) in [5.41, 5.74) is 2.96. The van der Waals surface area contributed by atoms with E-state index in [0.717, 1.165) is 38.5 Å². The van der Waals surface area contributed by atoms with Crippen LogP contribution in [0.15, 0.2) is 83.9 Å². The molecule has 0 spiro atoms. The second-order valence-electron chi connectivity index (χ2n) is 6.16. The molecule has 1 aliphatic heterocycles. The third kappa shape index (κ3) is 2.21. The second kappa shape index (κ2) is 5.28. The van der Waals surface area contributed by atoms with Gasteiger partial charge in [0.2, 0.25) is 0 Å². The molecule has 4 aromatic rings. The van der Waals surface area contributed by atoms with Crippen LogP contribution in [0.2, 0.25) is 0 Å². The number of benzene rings is 4. The predicted molar refractivity (Wildman–Crippen MR) is 103 cm³/mol. The van der Waals surface area contributed by atoms with Crippen molar-refractivity contribution in [1.82, 2.24) is 0 Å². The minimum atomic E-state index is -0.153. The minimum absolute atomic E-state index is 0.153. The molecule has 3 heteroatoms. The maximum atomic E-state index is 12.5. The SMILES string of the molecule is O=C1Nc2ccc3ccccc3c2C1=Nc1ccc2ccccc2c1. The molecule has 0 saturated carbocycles. The third-order valence-corrected chi connectivity index (χ3v) is 4.60. The number of nitrogens with one attached hydrogen (secondary N) is 1. The molecule has 0 radical (unpaired) electrons. The van der Waals surface area contributed by atoms with Gasteiger partial charge in [-0.05, 0) is 39.7 Å². The van der Waals surface area contributed by atoms with Crippen molar-refractivity contribution < 1.29 is 4.79 Å². The number of carbonyl (C=O) groups is 1. The average Bonchev–Trinajstić information content (AvgIpc) is 2.97. The van der Waals surface area contributed by atoms with Gasteiger partial charge in [0.15, 0.2) is 0 Å². The molecule has 1 N–H and O–H groups in total. The van der Waals surface area contributed by atoms with Crippen molar-refractivity contribution in [2.75, 3.05) is 5.32 Å². The fourth-order valence-electron chi connectivity index (χ4n) is 3.41. The first-order valence-corrected chi connectivity index (χ1v) is 8.20. The Morgan fingerprint density at radius 2 is 1.44 bits per heavy atom. The summed E-state index contributed by atoms with van der Waals surface area (Å²) in [4.78, 5) is 17.2. The molecule has 0 bridgehead atoms. The van der Waals surface area contributed by atoms with E-state index in [0.29, 0.717) is 5.71 Å². The van der Waals surface area contributed by atoms with Crippen LogP contribution >= 0.6 is 0 Å². The summed E-state index contributed by atoms with van der Waals surface area (Å²) < 4.78 is 0. The lowest BCUT2D eigenvalue weighted by molar-refractivity contribution is -0.110. The number of nitrogens with zero attached hydrogens (tertiary/aromatic N) is 1. The fourth-order valence-corrected chi connectivity index (χ4v) is 3.41. The highest BCUT2D eigenvalue weighted by molar-refractivity contribution is 6.56. The Kier molecular flexibility index (Phi) is 2.94. The standard InChI is InChI=1S/C22H14N2O/c25-22-21(23-17-11-9-14-5-1-2-7-16(14)13-17)20-18-8-4-3-6-15(18)10-12-19(20)24-22/h1-13H,(H,23,24,25). The number of anilines is 1. The van der Waals surface area contributed by atoms with Crippen molar-refractivity contribution in [3.63, 3.8) is 0 Å². The third-order valence-electron chi connectivity index (χ3n) is 4.60. The van der Waals surface area contributed by atoms with Crippen LogP contribution in [0.4, 0.5) is 11.4 Å². The van der Waals surface area contributed by atoms with Crippen LogP contribution in [0, 0.1) is 0 Å². The Morgan fingerprint density at radius 3 is 2.32 bits per heavy atom. The van der Waals surface area contributed by atoms with Gasteiger partial charge in [-0.25, -0.2) is 4.99 Å². The van der Waals surface area contributed by atoms with Gasteiger partial charge in [-0.1, -0.05) is 60.7 Å². The van der Waals surface area contributed by atoms with Crippen molar-refractivity contribution in [2.24, 2.45) is 4.99 Å². The number of hydrogen-bond acceptors (Lipinski definition) is 2. The smallest absolute Gasteiger partial charge is 0.275 e. The van der Waals surface area contributed by atoms with E-state index in [-0.39, 0.29) is 5.91 Å². The zero-order valence-electron chi connectivity index (χ0n) is 13.4. The topological polar surface area (TPSA) is 41.5 Å². The minimum Gasteiger partial charge on any atom is -0.320 e. The van der Waals surface area contributed by atoms with Crippen molar-refractivity contribution in [3.8, 4) is 0 Å². The van der Waals surface area contributed by atoms with Crippen LogP contribution in [0.25, 0.3) is 21.5 Å². The molecule has 5 rings (SSSR count). The maximum absolute atomic E-state index is 12.5. The van der Waals surface area contributed by atoms with Crippen molar-refractivity contribution in [1.29, 1.82) is 0 Å². The largest absolute Gasteiger partial charge is 0.320 e. The maximum Gasteiger partial charge on any atom is 0.275 e. The van der Waals surface area contributed by atoms with Crippen molar-refractivity contribution in [3.05, 3.63) is 84.4 Å². The first-order chi connectivity index (χ1) is 12.3. The van der Waals surface area contributed by atoms with Crippen LogP contribution in [-0.2, 0) is 4.79 Å². The van der Waals surface area contributed by atoms with E-state index in [1.807, 2.05) is 66.7 Å².